The molecule has 8 heteroatoms. The number of hydrogen-bond donors (Lipinski definition) is 0. The summed E-state index contributed by atoms with van der Waals surface area (Å²) < 4.78 is 66.8. The Hall–Kier alpha value is -3.03. The van der Waals surface area contributed by atoms with Crippen LogP contribution in [0.4, 0.5) is 22.0 Å². The van der Waals surface area contributed by atoms with Gasteiger partial charge in [0.15, 0.2) is 23.3 Å². The Kier molecular flexibility index (Phi) is 7.43. The molecule has 0 amide bonds. The number of oxime groups is 1. The molecule has 0 aromatic heterocycles. The van der Waals surface area contributed by atoms with E-state index >= 15 is 0 Å². The Balaban J connectivity index is 2.19. The molecule has 0 saturated heterocycles. The van der Waals surface area contributed by atoms with Gasteiger partial charge in [-0.1, -0.05) is 41.6 Å². The van der Waals surface area contributed by atoms with E-state index < -0.39 is 40.6 Å². The highest BCUT2D eigenvalue weighted by Crippen LogP contribution is 2.23. The van der Waals surface area contributed by atoms with Crippen molar-refractivity contribution in [3.05, 3.63) is 83.2 Å². The fraction of sp³-hybridized carbons (Fsp3) is 0.200. The Bertz CT molecular complexity index is 868. The predicted molar refractivity (Wildman–Crippen MR) is 93.3 cm³/mol. The molecule has 0 saturated carbocycles. The molecule has 0 heterocycles. The summed E-state index contributed by atoms with van der Waals surface area (Å²) in [6, 6.07) is 9.30. The zero-order chi connectivity index (χ0) is 20.7. The van der Waals surface area contributed by atoms with Crippen molar-refractivity contribution in [2.24, 2.45) is 5.16 Å². The molecule has 0 spiro atoms. The first kappa shape index (κ1) is 21.3. The standard InChI is InChI=1S/C20H16F5NO2/c1-2-3-9-13(11-10-12-7-5-4-6-8-12)26-28-20(27)14-15(21)17(23)19(25)18(24)16(14)22/h2,4-8H,1,3,9-11H2/b26-13-. The van der Waals surface area contributed by atoms with Crippen molar-refractivity contribution in [1.29, 1.82) is 0 Å². The first-order valence-corrected chi connectivity index (χ1v) is 8.30. The van der Waals surface area contributed by atoms with Crippen LogP contribution in [0.25, 0.3) is 0 Å². The normalized spacial score (nSPS) is 11.4. The van der Waals surface area contributed by atoms with Crippen molar-refractivity contribution >= 4 is 11.7 Å². The first-order valence-electron chi connectivity index (χ1n) is 8.30. The molecule has 148 valence electrons. The van der Waals surface area contributed by atoms with Crippen molar-refractivity contribution < 1.29 is 31.6 Å². The van der Waals surface area contributed by atoms with Crippen LogP contribution in [0.15, 0.2) is 48.1 Å². The number of aryl methyl sites for hydroxylation is 1. The maximum absolute atomic E-state index is 13.7. The summed E-state index contributed by atoms with van der Waals surface area (Å²) in [6.07, 6.45) is 3.36. The van der Waals surface area contributed by atoms with Gasteiger partial charge >= 0.3 is 5.97 Å². The van der Waals surface area contributed by atoms with Crippen molar-refractivity contribution in [1.82, 2.24) is 0 Å². The molecule has 0 aliphatic rings. The summed E-state index contributed by atoms with van der Waals surface area (Å²) in [5.74, 6) is -13.1. The number of hydrogen-bond acceptors (Lipinski definition) is 3. The molecule has 0 atom stereocenters. The second-order valence-corrected chi connectivity index (χ2v) is 5.79. The number of allylic oxidation sites excluding steroid dienone is 1. The molecule has 2 aromatic rings. The van der Waals surface area contributed by atoms with Crippen molar-refractivity contribution in [2.45, 2.75) is 25.7 Å². The molecular weight excluding hydrogens is 381 g/mol. The summed E-state index contributed by atoms with van der Waals surface area (Å²) in [6.45, 7) is 3.56. The van der Waals surface area contributed by atoms with E-state index in [0.29, 0.717) is 31.4 Å². The van der Waals surface area contributed by atoms with E-state index in [9.17, 15) is 26.7 Å². The lowest BCUT2D eigenvalue weighted by molar-refractivity contribution is 0.0499. The SMILES string of the molecule is C=CCC/C(CCc1ccccc1)=N/OC(=O)c1c(F)c(F)c(F)c(F)c1F. The van der Waals surface area contributed by atoms with E-state index in [2.05, 4.69) is 16.6 Å². The van der Waals surface area contributed by atoms with Gasteiger partial charge < -0.3 is 4.84 Å². The highest BCUT2D eigenvalue weighted by Gasteiger charge is 2.31. The fourth-order valence-corrected chi connectivity index (χ4v) is 2.35. The third kappa shape index (κ3) is 5.03. The Morgan fingerprint density at radius 1 is 0.929 bits per heavy atom. The lowest BCUT2D eigenvalue weighted by atomic mass is 10.0. The van der Waals surface area contributed by atoms with E-state index in [-0.39, 0.29) is 0 Å². The number of rotatable bonds is 8. The van der Waals surface area contributed by atoms with E-state index in [1.807, 2.05) is 30.3 Å². The smallest absolute Gasteiger partial charge is 0.313 e. The molecule has 3 nitrogen and oxygen atoms in total. The van der Waals surface area contributed by atoms with E-state index in [1.165, 1.54) is 0 Å². The predicted octanol–water partition coefficient (Wildman–Crippen LogP) is 5.49. The molecule has 0 fully saturated rings. The summed E-state index contributed by atoms with van der Waals surface area (Å²) in [7, 11) is 0. The zero-order valence-corrected chi connectivity index (χ0v) is 14.7. The van der Waals surface area contributed by atoms with Crippen LogP contribution in [0.1, 0.15) is 35.2 Å². The van der Waals surface area contributed by atoms with Gasteiger partial charge in [-0.2, -0.15) is 0 Å². The molecule has 0 aliphatic carbocycles. The molecule has 0 N–H and O–H groups in total. The van der Waals surface area contributed by atoms with Crippen LogP contribution < -0.4 is 0 Å². The Labute approximate surface area is 158 Å². The van der Waals surface area contributed by atoms with E-state index in [4.69, 9.17) is 0 Å². The summed E-state index contributed by atoms with van der Waals surface area (Å²) in [4.78, 5) is 16.3. The number of halogens is 5. The van der Waals surface area contributed by atoms with Crippen molar-refractivity contribution in [2.75, 3.05) is 0 Å². The maximum atomic E-state index is 13.7. The van der Waals surface area contributed by atoms with Gasteiger partial charge in [-0.15, -0.1) is 6.58 Å². The highest BCUT2D eigenvalue weighted by molar-refractivity contribution is 5.91. The number of carbonyl (C=O) groups excluding carboxylic acids is 1. The van der Waals surface area contributed by atoms with Crippen LogP contribution in [0.5, 0.6) is 0 Å². The lowest BCUT2D eigenvalue weighted by Crippen LogP contribution is -2.14. The molecule has 0 unspecified atom stereocenters. The summed E-state index contributed by atoms with van der Waals surface area (Å²) in [5, 5.41) is 3.56. The zero-order valence-electron chi connectivity index (χ0n) is 14.7. The van der Waals surface area contributed by atoms with Gasteiger partial charge in [0.1, 0.15) is 5.56 Å². The van der Waals surface area contributed by atoms with Crippen LogP contribution in [0.3, 0.4) is 0 Å². The quantitative estimate of drug-likeness (QED) is 0.112. The van der Waals surface area contributed by atoms with Crippen LogP contribution >= 0.6 is 0 Å². The topological polar surface area (TPSA) is 38.7 Å². The molecule has 0 bridgehead atoms. The number of carbonyl (C=O) groups is 1. The second kappa shape index (κ2) is 9.77. The molecule has 28 heavy (non-hydrogen) atoms. The molecule has 2 aromatic carbocycles. The summed E-state index contributed by atoms with van der Waals surface area (Å²) >= 11 is 0. The number of nitrogens with zero attached hydrogens (tertiary/aromatic N) is 1. The maximum Gasteiger partial charge on any atom is 0.371 e. The minimum atomic E-state index is -2.36. The first-order chi connectivity index (χ1) is 13.4. The molecule has 0 aliphatic heterocycles. The number of benzene rings is 2. The average Bonchev–Trinajstić information content (AvgIpc) is 2.71. The monoisotopic (exact) mass is 397 g/mol. The van der Waals surface area contributed by atoms with Crippen LogP contribution in [0.2, 0.25) is 0 Å². The average molecular weight is 397 g/mol. The van der Waals surface area contributed by atoms with Crippen molar-refractivity contribution in [3.63, 3.8) is 0 Å². The van der Waals surface area contributed by atoms with Crippen LogP contribution in [0, 0.1) is 29.1 Å². The minimum absolute atomic E-state index is 0.348. The minimum Gasteiger partial charge on any atom is -0.313 e. The van der Waals surface area contributed by atoms with Crippen molar-refractivity contribution in [3.8, 4) is 0 Å². The van der Waals surface area contributed by atoms with Gasteiger partial charge in [-0.05, 0) is 31.2 Å². The van der Waals surface area contributed by atoms with E-state index in [1.54, 1.807) is 6.08 Å². The fourth-order valence-electron chi connectivity index (χ4n) is 2.35. The largest absolute Gasteiger partial charge is 0.371 e. The Morgan fingerprint density at radius 2 is 1.50 bits per heavy atom. The molecular formula is C20H16F5NO2. The van der Waals surface area contributed by atoms with Gasteiger partial charge in [0.05, 0.1) is 5.71 Å². The van der Waals surface area contributed by atoms with Gasteiger partial charge in [-0.3, -0.25) is 0 Å². The van der Waals surface area contributed by atoms with Crippen LogP contribution in [-0.2, 0) is 11.3 Å². The third-order valence-electron chi connectivity index (χ3n) is 3.85. The van der Waals surface area contributed by atoms with Gasteiger partial charge in [0, 0.05) is 0 Å². The van der Waals surface area contributed by atoms with Crippen LogP contribution in [-0.4, -0.2) is 11.7 Å². The van der Waals surface area contributed by atoms with Gasteiger partial charge in [0.25, 0.3) is 0 Å². The molecule has 2 rings (SSSR count). The lowest BCUT2D eigenvalue weighted by Gasteiger charge is -2.08. The molecule has 0 radical (unpaired) electrons. The van der Waals surface area contributed by atoms with Gasteiger partial charge in [-0.25, -0.2) is 26.7 Å². The van der Waals surface area contributed by atoms with E-state index in [0.717, 1.165) is 5.56 Å². The van der Waals surface area contributed by atoms with Gasteiger partial charge in [0.2, 0.25) is 5.82 Å². The highest BCUT2D eigenvalue weighted by atomic mass is 19.2. The summed E-state index contributed by atoms with van der Waals surface area (Å²) in [5.41, 5.74) is -0.327. The second-order valence-electron chi connectivity index (χ2n) is 5.79. The third-order valence-corrected chi connectivity index (χ3v) is 3.85. The Morgan fingerprint density at radius 3 is 2.07 bits per heavy atom.